The third-order valence-corrected chi connectivity index (χ3v) is 7.76. The van der Waals surface area contributed by atoms with E-state index < -0.39 is 33.4 Å². The van der Waals surface area contributed by atoms with E-state index in [4.69, 9.17) is 23.2 Å². The van der Waals surface area contributed by atoms with Crippen LogP contribution in [0.15, 0.2) is 12.1 Å². The van der Waals surface area contributed by atoms with Gasteiger partial charge in [0.05, 0.1) is 22.4 Å². The molecule has 6 nitrogen and oxygen atoms in total. The second-order valence-electron chi connectivity index (χ2n) is 7.19. The van der Waals surface area contributed by atoms with Crippen LogP contribution in [0, 0.1) is 11.7 Å². The highest BCUT2D eigenvalue weighted by molar-refractivity contribution is 7.90. The Hall–Kier alpha value is -1.22. The number of nitrogens with zero attached hydrogens (tertiary/aromatic N) is 1. The van der Waals surface area contributed by atoms with Gasteiger partial charge in [0.25, 0.3) is 0 Å². The van der Waals surface area contributed by atoms with Crippen LogP contribution in [0.1, 0.15) is 42.5 Å². The molecule has 0 unspecified atom stereocenters. The maximum Gasteiger partial charge on any atom is 0.225 e. The van der Waals surface area contributed by atoms with E-state index in [1.54, 1.807) is 4.90 Å². The van der Waals surface area contributed by atoms with E-state index in [9.17, 15) is 22.4 Å². The average Bonchev–Trinajstić information content (AvgIpc) is 2.61. The molecule has 0 spiro atoms. The molecule has 0 radical (unpaired) electrons. The predicted octanol–water partition coefficient (Wildman–Crippen LogP) is 3.03. The van der Waals surface area contributed by atoms with E-state index in [1.807, 2.05) is 0 Å². The molecule has 1 amide bonds. The normalized spacial score (nSPS) is 18.8. The van der Waals surface area contributed by atoms with E-state index in [0.29, 0.717) is 25.9 Å². The maximum atomic E-state index is 14.0. The lowest BCUT2D eigenvalue weighted by Crippen LogP contribution is -2.48. The summed E-state index contributed by atoms with van der Waals surface area (Å²) in [7, 11) is -3.78. The SMILES string of the molecule is O=C(CNS(=O)(=O)C1CCN(C(=O)C2CCC2)CC1)c1cc(Cl)cc(Cl)c1F. The minimum Gasteiger partial charge on any atom is -0.342 e. The van der Waals surface area contributed by atoms with E-state index >= 15 is 0 Å². The van der Waals surface area contributed by atoms with Crippen LogP contribution < -0.4 is 4.72 Å². The molecule has 2 aliphatic rings. The highest BCUT2D eigenvalue weighted by Crippen LogP contribution is 2.30. The summed E-state index contributed by atoms with van der Waals surface area (Å²) in [6.45, 7) is 0.178. The Bertz CT molecular complexity index is 882. The summed E-state index contributed by atoms with van der Waals surface area (Å²) in [6.07, 6.45) is 3.49. The third kappa shape index (κ3) is 4.67. The Kier molecular flexibility index (Phi) is 6.64. The first kappa shape index (κ1) is 21.5. The number of hydrogen-bond acceptors (Lipinski definition) is 4. The van der Waals surface area contributed by atoms with Gasteiger partial charge in [0.15, 0.2) is 11.6 Å². The van der Waals surface area contributed by atoms with Gasteiger partial charge >= 0.3 is 0 Å². The molecule has 1 heterocycles. The van der Waals surface area contributed by atoms with Crippen LogP contribution in [-0.2, 0) is 14.8 Å². The third-order valence-electron chi connectivity index (χ3n) is 5.37. The highest BCUT2D eigenvalue weighted by Gasteiger charge is 2.35. The lowest BCUT2D eigenvalue weighted by atomic mass is 9.84. The summed E-state index contributed by atoms with van der Waals surface area (Å²) in [4.78, 5) is 26.2. The number of carbonyl (C=O) groups is 2. The van der Waals surface area contributed by atoms with Crippen molar-refractivity contribution in [3.05, 3.63) is 33.6 Å². The number of nitrogens with one attached hydrogen (secondary N) is 1. The minimum atomic E-state index is -3.78. The molecular weight excluding hydrogens is 430 g/mol. The zero-order valence-corrected chi connectivity index (χ0v) is 17.4. The van der Waals surface area contributed by atoms with Gasteiger partial charge in [-0.1, -0.05) is 29.6 Å². The van der Waals surface area contributed by atoms with Crippen LogP contribution >= 0.6 is 23.2 Å². The van der Waals surface area contributed by atoms with Gasteiger partial charge in [0.2, 0.25) is 15.9 Å². The molecule has 3 rings (SSSR count). The van der Waals surface area contributed by atoms with Crippen LogP contribution in [-0.4, -0.2) is 49.9 Å². The molecule has 10 heteroatoms. The summed E-state index contributed by atoms with van der Waals surface area (Å²) in [5.41, 5.74) is -0.360. The number of hydrogen-bond donors (Lipinski definition) is 1. The molecule has 1 saturated carbocycles. The Balaban J connectivity index is 1.56. The number of ketones is 1. The van der Waals surface area contributed by atoms with Crippen LogP contribution in [0.25, 0.3) is 0 Å². The van der Waals surface area contributed by atoms with Gasteiger partial charge < -0.3 is 4.90 Å². The van der Waals surface area contributed by atoms with Gasteiger partial charge in [-0.3, -0.25) is 9.59 Å². The highest BCUT2D eigenvalue weighted by atomic mass is 35.5. The molecule has 1 aliphatic carbocycles. The Labute approximate surface area is 173 Å². The molecule has 28 heavy (non-hydrogen) atoms. The lowest BCUT2D eigenvalue weighted by molar-refractivity contribution is -0.139. The minimum absolute atomic E-state index is 0.0844. The number of likely N-dealkylation sites (tertiary alicyclic amines) is 1. The number of rotatable bonds is 6. The predicted molar refractivity (Wildman–Crippen MR) is 105 cm³/mol. The summed E-state index contributed by atoms with van der Waals surface area (Å²) in [6, 6.07) is 2.28. The van der Waals surface area contributed by atoms with Crippen molar-refractivity contribution in [2.75, 3.05) is 19.6 Å². The second kappa shape index (κ2) is 8.65. The smallest absolute Gasteiger partial charge is 0.225 e. The van der Waals surface area contributed by atoms with Crippen LogP contribution in [0.4, 0.5) is 4.39 Å². The molecule has 0 aromatic heterocycles. The fourth-order valence-electron chi connectivity index (χ4n) is 3.44. The van der Waals surface area contributed by atoms with E-state index in [-0.39, 0.29) is 27.4 Å². The summed E-state index contributed by atoms with van der Waals surface area (Å²) < 4.78 is 41.3. The fraction of sp³-hybridized carbons (Fsp3) is 0.556. The number of piperidine rings is 1. The number of Topliss-reactive ketones (excluding diaryl/α,β-unsaturated/α-hetero) is 1. The van der Waals surface area contributed by atoms with Gasteiger partial charge in [0.1, 0.15) is 0 Å². The van der Waals surface area contributed by atoms with Crippen molar-refractivity contribution in [2.24, 2.45) is 5.92 Å². The first-order chi connectivity index (χ1) is 13.2. The van der Waals surface area contributed by atoms with Crippen molar-refractivity contribution >= 4 is 44.9 Å². The van der Waals surface area contributed by atoms with Gasteiger partial charge in [-0.2, -0.15) is 0 Å². The number of benzene rings is 1. The van der Waals surface area contributed by atoms with Gasteiger partial charge in [-0.15, -0.1) is 0 Å². The van der Waals surface area contributed by atoms with Crippen molar-refractivity contribution in [3.63, 3.8) is 0 Å². The Morgan fingerprint density at radius 2 is 1.79 bits per heavy atom. The quantitative estimate of drug-likeness (QED) is 0.533. The van der Waals surface area contributed by atoms with Gasteiger partial charge in [-0.05, 0) is 37.8 Å². The lowest BCUT2D eigenvalue weighted by Gasteiger charge is -2.36. The molecule has 2 fully saturated rings. The number of carbonyl (C=O) groups excluding carboxylic acids is 2. The molecule has 1 aromatic carbocycles. The zero-order chi connectivity index (χ0) is 20.5. The van der Waals surface area contributed by atoms with Crippen molar-refractivity contribution < 1.29 is 22.4 Å². The summed E-state index contributed by atoms with van der Waals surface area (Å²) >= 11 is 11.4. The first-order valence-electron chi connectivity index (χ1n) is 9.14. The van der Waals surface area contributed by atoms with Crippen molar-refractivity contribution in [1.29, 1.82) is 0 Å². The molecule has 154 valence electrons. The van der Waals surface area contributed by atoms with Crippen LogP contribution in [0.5, 0.6) is 0 Å². The molecular formula is C18H21Cl2FN2O4S. The van der Waals surface area contributed by atoms with Gasteiger partial charge in [0, 0.05) is 24.0 Å². The largest absolute Gasteiger partial charge is 0.342 e. The Morgan fingerprint density at radius 3 is 2.36 bits per heavy atom. The average molecular weight is 451 g/mol. The molecule has 1 aliphatic heterocycles. The Morgan fingerprint density at radius 1 is 1.14 bits per heavy atom. The van der Waals surface area contributed by atoms with Crippen LogP contribution in [0.3, 0.4) is 0 Å². The second-order valence-corrected chi connectivity index (χ2v) is 10.1. The van der Waals surface area contributed by atoms with Gasteiger partial charge in [-0.25, -0.2) is 17.5 Å². The molecule has 1 aromatic rings. The summed E-state index contributed by atoms with van der Waals surface area (Å²) in [5.74, 6) is -1.50. The summed E-state index contributed by atoms with van der Waals surface area (Å²) in [5, 5.41) is -0.915. The van der Waals surface area contributed by atoms with Crippen LogP contribution in [0.2, 0.25) is 10.0 Å². The molecule has 1 saturated heterocycles. The molecule has 0 atom stereocenters. The fourth-order valence-corrected chi connectivity index (χ4v) is 5.33. The van der Waals surface area contributed by atoms with E-state index in [1.165, 1.54) is 0 Å². The van der Waals surface area contributed by atoms with Crippen molar-refractivity contribution in [3.8, 4) is 0 Å². The number of amides is 1. The standard InChI is InChI=1S/C18H21Cl2FN2O4S/c19-12-8-14(17(21)15(20)9-12)16(24)10-22-28(26,27)13-4-6-23(7-5-13)18(25)11-2-1-3-11/h8-9,11,13,22H,1-7,10H2. The van der Waals surface area contributed by atoms with E-state index in [2.05, 4.69) is 4.72 Å². The molecule has 1 N–H and O–H groups in total. The number of halogens is 3. The first-order valence-corrected chi connectivity index (χ1v) is 11.4. The maximum absolute atomic E-state index is 14.0. The van der Waals surface area contributed by atoms with E-state index in [0.717, 1.165) is 31.4 Å². The topological polar surface area (TPSA) is 83.6 Å². The van der Waals surface area contributed by atoms with Crippen molar-refractivity contribution in [2.45, 2.75) is 37.4 Å². The number of sulfonamides is 1. The van der Waals surface area contributed by atoms with Crippen molar-refractivity contribution in [1.82, 2.24) is 9.62 Å². The molecule has 0 bridgehead atoms. The zero-order valence-electron chi connectivity index (χ0n) is 15.1. The monoisotopic (exact) mass is 450 g/mol.